The zero-order chi connectivity index (χ0) is 13.0. The van der Waals surface area contributed by atoms with E-state index in [0.717, 1.165) is 4.47 Å². The monoisotopic (exact) mass is 326 g/mol. The Labute approximate surface area is 117 Å². The van der Waals surface area contributed by atoms with Gasteiger partial charge in [0, 0.05) is 10.0 Å². The van der Waals surface area contributed by atoms with Crippen LogP contribution in [0.4, 0.5) is 5.82 Å². The third-order valence-electron chi connectivity index (χ3n) is 2.00. The van der Waals surface area contributed by atoms with E-state index in [-0.39, 0.29) is 5.75 Å². The van der Waals surface area contributed by atoms with Gasteiger partial charge in [0.15, 0.2) is 11.0 Å². The van der Waals surface area contributed by atoms with Gasteiger partial charge >= 0.3 is 0 Å². The number of rotatable bonds is 3. The molecule has 0 aliphatic heterocycles. The molecule has 0 amide bonds. The SMILES string of the molecule is Oc1ccc(Br)cc1C=NNc1ccc(Cl)nn1. The number of nitrogens with one attached hydrogen (secondary N) is 1. The van der Waals surface area contributed by atoms with Gasteiger partial charge in [0.05, 0.1) is 6.21 Å². The molecule has 0 saturated carbocycles. The minimum absolute atomic E-state index is 0.144. The first kappa shape index (κ1) is 12.8. The van der Waals surface area contributed by atoms with Crippen LogP contribution in [0.15, 0.2) is 39.9 Å². The minimum atomic E-state index is 0.144. The Bertz CT molecular complexity index is 574. The summed E-state index contributed by atoms with van der Waals surface area (Å²) in [5, 5.41) is 21.3. The van der Waals surface area contributed by atoms with Crippen molar-refractivity contribution in [1.82, 2.24) is 10.2 Å². The number of halogens is 2. The van der Waals surface area contributed by atoms with Crippen LogP contribution in [0.25, 0.3) is 0 Å². The molecule has 1 heterocycles. The van der Waals surface area contributed by atoms with Crippen molar-refractivity contribution in [2.45, 2.75) is 0 Å². The van der Waals surface area contributed by atoms with Crippen LogP contribution in [0.2, 0.25) is 5.15 Å². The molecule has 2 aromatic rings. The average Bonchev–Trinajstić information content (AvgIpc) is 2.36. The van der Waals surface area contributed by atoms with E-state index in [2.05, 4.69) is 36.7 Å². The van der Waals surface area contributed by atoms with E-state index < -0.39 is 0 Å². The lowest BCUT2D eigenvalue weighted by atomic mass is 10.2. The van der Waals surface area contributed by atoms with Crippen LogP contribution in [0.5, 0.6) is 5.75 Å². The van der Waals surface area contributed by atoms with E-state index in [4.69, 9.17) is 11.6 Å². The molecule has 18 heavy (non-hydrogen) atoms. The van der Waals surface area contributed by atoms with Crippen LogP contribution >= 0.6 is 27.5 Å². The third kappa shape index (κ3) is 3.41. The van der Waals surface area contributed by atoms with Crippen LogP contribution < -0.4 is 5.43 Å². The molecule has 2 N–H and O–H groups in total. The fraction of sp³-hybridized carbons (Fsp3) is 0. The average molecular weight is 328 g/mol. The molecule has 0 atom stereocenters. The standard InChI is InChI=1S/C11H8BrClN4O/c12-8-1-2-9(18)7(5-8)6-14-16-11-4-3-10(13)15-17-11/h1-6,18H,(H,16,17). The maximum Gasteiger partial charge on any atom is 0.168 e. The molecular formula is C11H8BrClN4O. The largest absolute Gasteiger partial charge is 0.507 e. The molecular weight excluding hydrogens is 320 g/mol. The van der Waals surface area contributed by atoms with E-state index in [1.807, 2.05) is 0 Å². The zero-order valence-corrected chi connectivity index (χ0v) is 11.4. The lowest BCUT2D eigenvalue weighted by Crippen LogP contribution is -1.95. The Hall–Kier alpha value is -1.66. The third-order valence-corrected chi connectivity index (χ3v) is 2.70. The smallest absolute Gasteiger partial charge is 0.168 e. The van der Waals surface area contributed by atoms with Crippen molar-refractivity contribution in [3.05, 3.63) is 45.5 Å². The lowest BCUT2D eigenvalue weighted by molar-refractivity contribution is 0.474. The zero-order valence-electron chi connectivity index (χ0n) is 9.01. The summed E-state index contributed by atoms with van der Waals surface area (Å²) in [7, 11) is 0. The van der Waals surface area contributed by atoms with Crippen molar-refractivity contribution in [2.24, 2.45) is 5.10 Å². The normalized spacial score (nSPS) is 10.8. The van der Waals surface area contributed by atoms with E-state index in [1.54, 1.807) is 30.3 Å². The maximum absolute atomic E-state index is 9.58. The number of aromatic hydroxyl groups is 1. The lowest BCUT2D eigenvalue weighted by Gasteiger charge is -2.00. The van der Waals surface area contributed by atoms with Gasteiger partial charge in [-0.2, -0.15) is 5.10 Å². The number of aromatic nitrogens is 2. The Morgan fingerprint density at radius 1 is 1.28 bits per heavy atom. The van der Waals surface area contributed by atoms with Gasteiger partial charge in [0.1, 0.15) is 5.75 Å². The van der Waals surface area contributed by atoms with Crippen LogP contribution in [-0.2, 0) is 0 Å². The van der Waals surface area contributed by atoms with Gasteiger partial charge in [-0.15, -0.1) is 10.2 Å². The first-order chi connectivity index (χ1) is 8.65. The van der Waals surface area contributed by atoms with Gasteiger partial charge in [-0.25, -0.2) is 0 Å². The summed E-state index contributed by atoms with van der Waals surface area (Å²) >= 11 is 8.91. The topological polar surface area (TPSA) is 70.4 Å². The molecule has 1 aromatic heterocycles. The highest BCUT2D eigenvalue weighted by Crippen LogP contribution is 2.20. The fourth-order valence-electron chi connectivity index (χ4n) is 1.17. The predicted octanol–water partition coefficient (Wildman–Crippen LogP) is 3.04. The maximum atomic E-state index is 9.58. The number of benzene rings is 1. The molecule has 5 nitrogen and oxygen atoms in total. The summed E-state index contributed by atoms with van der Waals surface area (Å²) in [6.45, 7) is 0. The van der Waals surface area contributed by atoms with Gasteiger partial charge in [-0.1, -0.05) is 27.5 Å². The number of nitrogens with zero attached hydrogens (tertiary/aromatic N) is 3. The second kappa shape index (κ2) is 5.79. The predicted molar refractivity (Wildman–Crippen MR) is 74.1 cm³/mol. The molecule has 0 fully saturated rings. The first-order valence-corrected chi connectivity index (χ1v) is 6.09. The second-order valence-electron chi connectivity index (χ2n) is 3.31. The van der Waals surface area contributed by atoms with Crippen LogP contribution in [0.3, 0.4) is 0 Å². The summed E-state index contributed by atoms with van der Waals surface area (Å²) in [6.07, 6.45) is 1.48. The molecule has 0 spiro atoms. The van der Waals surface area contributed by atoms with Gasteiger partial charge in [-0.05, 0) is 30.3 Å². The van der Waals surface area contributed by atoms with Crippen molar-refractivity contribution in [2.75, 3.05) is 5.43 Å². The summed E-state index contributed by atoms with van der Waals surface area (Å²) in [5.41, 5.74) is 3.26. The van der Waals surface area contributed by atoms with Crippen LogP contribution in [0, 0.1) is 0 Å². The molecule has 2 rings (SSSR count). The molecule has 0 unspecified atom stereocenters. The quantitative estimate of drug-likeness (QED) is 0.671. The molecule has 0 aliphatic carbocycles. The van der Waals surface area contributed by atoms with E-state index in [1.165, 1.54) is 6.21 Å². The molecule has 0 aliphatic rings. The minimum Gasteiger partial charge on any atom is -0.507 e. The Morgan fingerprint density at radius 2 is 2.11 bits per heavy atom. The van der Waals surface area contributed by atoms with Gasteiger partial charge < -0.3 is 5.11 Å². The van der Waals surface area contributed by atoms with Crippen LogP contribution in [0.1, 0.15) is 5.56 Å². The first-order valence-electron chi connectivity index (χ1n) is 4.92. The molecule has 7 heteroatoms. The highest BCUT2D eigenvalue weighted by Gasteiger charge is 1.98. The summed E-state index contributed by atoms with van der Waals surface area (Å²) in [6, 6.07) is 8.31. The summed E-state index contributed by atoms with van der Waals surface area (Å²) in [5.74, 6) is 0.607. The van der Waals surface area contributed by atoms with Gasteiger partial charge in [0.2, 0.25) is 0 Å². The van der Waals surface area contributed by atoms with Crippen molar-refractivity contribution in [1.29, 1.82) is 0 Å². The van der Waals surface area contributed by atoms with Crippen LogP contribution in [-0.4, -0.2) is 21.5 Å². The number of hydrogen-bond donors (Lipinski definition) is 2. The Balaban J connectivity index is 2.07. The van der Waals surface area contributed by atoms with Gasteiger partial charge in [-0.3, -0.25) is 5.43 Å². The van der Waals surface area contributed by atoms with Crippen molar-refractivity contribution in [3.63, 3.8) is 0 Å². The highest BCUT2D eigenvalue weighted by atomic mass is 79.9. The summed E-state index contributed by atoms with van der Waals surface area (Å²) < 4.78 is 0.855. The summed E-state index contributed by atoms with van der Waals surface area (Å²) in [4.78, 5) is 0. The second-order valence-corrected chi connectivity index (χ2v) is 4.62. The Kier molecular flexibility index (Phi) is 4.11. The van der Waals surface area contributed by atoms with Crippen molar-refractivity contribution < 1.29 is 5.11 Å². The van der Waals surface area contributed by atoms with E-state index in [9.17, 15) is 5.11 Å². The fourth-order valence-corrected chi connectivity index (χ4v) is 1.65. The molecule has 0 saturated heterocycles. The Morgan fingerprint density at radius 3 is 2.83 bits per heavy atom. The molecule has 1 aromatic carbocycles. The number of hydrazone groups is 1. The van der Waals surface area contributed by atoms with Crippen molar-refractivity contribution >= 4 is 39.6 Å². The number of hydrogen-bond acceptors (Lipinski definition) is 5. The number of anilines is 1. The molecule has 0 bridgehead atoms. The molecule has 92 valence electrons. The molecule has 0 radical (unpaired) electrons. The number of phenolic OH excluding ortho intramolecular Hbond substituents is 1. The highest BCUT2D eigenvalue weighted by molar-refractivity contribution is 9.10. The van der Waals surface area contributed by atoms with Gasteiger partial charge in [0.25, 0.3) is 0 Å². The van der Waals surface area contributed by atoms with Crippen molar-refractivity contribution in [3.8, 4) is 5.75 Å². The van der Waals surface area contributed by atoms with E-state index in [0.29, 0.717) is 16.5 Å². The van der Waals surface area contributed by atoms with E-state index >= 15 is 0 Å². The number of phenols is 1.